The summed E-state index contributed by atoms with van der Waals surface area (Å²) in [5, 5.41) is 4.71. The number of hydrogen-bond donors (Lipinski definition) is 3. The summed E-state index contributed by atoms with van der Waals surface area (Å²) in [6, 6.07) is -0.572. The van der Waals surface area contributed by atoms with Crippen molar-refractivity contribution in [1.82, 2.24) is 15.5 Å². The van der Waals surface area contributed by atoms with Crippen LogP contribution in [0, 0.1) is 5.92 Å². The van der Waals surface area contributed by atoms with E-state index >= 15 is 0 Å². The molecule has 110 valence electrons. The molecule has 1 rings (SSSR count). The Hall–Kier alpha value is -1.14. The van der Waals surface area contributed by atoms with E-state index in [0.29, 0.717) is 12.5 Å². The molecule has 1 aliphatic rings. The van der Waals surface area contributed by atoms with Crippen molar-refractivity contribution in [2.75, 3.05) is 20.1 Å². The van der Waals surface area contributed by atoms with Crippen molar-refractivity contribution < 1.29 is 9.59 Å². The third kappa shape index (κ3) is 4.18. The number of nitrogens with one attached hydrogen (secondary N) is 2. The van der Waals surface area contributed by atoms with Crippen molar-refractivity contribution in [2.24, 2.45) is 11.7 Å². The summed E-state index contributed by atoms with van der Waals surface area (Å²) in [6.07, 6.45) is 3.28. The second-order valence-corrected chi connectivity index (χ2v) is 5.17. The van der Waals surface area contributed by atoms with Crippen LogP contribution in [-0.4, -0.2) is 49.1 Å². The summed E-state index contributed by atoms with van der Waals surface area (Å²) >= 11 is 0. The van der Waals surface area contributed by atoms with Gasteiger partial charge in [0.15, 0.2) is 0 Å². The van der Waals surface area contributed by atoms with Crippen LogP contribution in [0.15, 0.2) is 0 Å². The van der Waals surface area contributed by atoms with Gasteiger partial charge in [0.2, 0.25) is 5.91 Å². The Labute approximate surface area is 115 Å². The second kappa shape index (κ2) is 7.45. The van der Waals surface area contributed by atoms with Crippen LogP contribution in [-0.2, 0) is 4.79 Å². The maximum Gasteiger partial charge on any atom is 0.321 e. The predicted molar refractivity (Wildman–Crippen MR) is 74.6 cm³/mol. The van der Waals surface area contributed by atoms with Crippen LogP contribution >= 0.6 is 0 Å². The third-order valence-electron chi connectivity index (χ3n) is 4.06. The Balaban J connectivity index is 2.62. The molecule has 19 heavy (non-hydrogen) atoms. The van der Waals surface area contributed by atoms with E-state index in [0.717, 1.165) is 25.8 Å². The Morgan fingerprint density at radius 1 is 1.47 bits per heavy atom. The molecule has 1 saturated heterocycles. The van der Waals surface area contributed by atoms with E-state index in [4.69, 9.17) is 5.73 Å². The average Bonchev–Trinajstić information content (AvgIpc) is 2.45. The molecule has 0 aromatic carbocycles. The van der Waals surface area contributed by atoms with Gasteiger partial charge in [0.05, 0.1) is 6.04 Å². The Morgan fingerprint density at radius 3 is 2.68 bits per heavy atom. The van der Waals surface area contributed by atoms with Crippen molar-refractivity contribution in [3.8, 4) is 0 Å². The molecule has 4 N–H and O–H groups in total. The highest BCUT2D eigenvalue weighted by Gasteiger charge is 2.33. The number of nitrogens with two attached hydrogens (primary N) is 1. The topological polar surface area (TPSA) is 87.5 Å². The van der Waals surface area contributed by atoms with E-state index in [2.05, 4.69) is 22.5 Å². The molecule has 0 aromatic heterocycles. The van der Waals surface area contributed by atoms with Gasteiger partial charge < -0.3 is 11.1 Å². The lowest BCUT2D eigenvalue weighted by atomic mass is 9.88. The van der Waals surface area contributed by atoms with Crippen molar-refractivity contribution >= 4 is 11.9 Å². The molecule has 3 unspecified atom stereocenters. The van der Waals surface area contributed by atoms with Crippen LogP contribution in [0.2, 0.25) is 0 Å². The molecule has 0 aromatic rings. The van der Waals surface area contributed by atoms with Gasteiger partial charge in [0.25, 0.3) is 0 Å². The highest BCUT2D eigenvalue weighted by Crippen LogP contribution is 2.26. The average molecular weight is 270 g/mol. The van der Waals surface area contributed by atoms with Gasteiger partial charge in [0.1, 0.15) is 0 Å². The van der Waals surface area contributed by atoms with Crippen LogP contribution < -0.4 is 16.4 Å². The van der Waals surface area contributed by atoms with Crippen LogP contribution in [0.5, 0.6) is 0 Å². The van der Waals surface area contributed by atoms with Gasteiger partial charge in [-0.05, 0) is 32.2 Å². The third-order valence-corrected chi connectivity index (χ3v) is 4.06. The number of urea groups is 1. The van der Waals surface area contributed by atoms with E-state index in [9.17, 15) is 9.59 Å². The number of carbonyl (C=O) groups excluding carboxylic acids is 2. The van der Waals surface area contributed by atoms with Gasteiger partial charge in [-0.25, -0.2) is 4.79 Å². The SMILES string of the molecule is CCC1CCN(C(C)C(=O)NC(=O)NC)C(CN)C1. The number of hydrogen-bond acceptors (Lipinski definition) is 4. The largest absolute Gasteiger partial charge is 0.341 e. The summed E-state index contributed by atoms with van der Waals surface area (Å²) in [7, 11) is 1.49. The lowest BCUT2D eigenvalue weighted by Crippen LogP contribution is -2.56. The quantitative estimate of drug-likeness (QED) is 0.685. The highest BCUT2D eigenvalue weighted by atomic mass is 16.2. The van der Waals surface area contributed by atoms with Crippen LogP contribution in [0.1, 0.15) is 33.1 Å². The van der Waals surface area contributed by atoms with Crippen LogP contribution in [0.25, 0.3) is 0 Å². The summed E-state index contributed by atoms with van der Waals surface area (Å²) in [5.41, 5.74) is 5.82. The number of piperidine rings is 1. The lowest BCUT2D eigenvalue weighted by molar-refractivity contribution is -0.126. The lowest BCUT2D eigenvalue weighted by Gasteiger charge is -2.41. The molecule has 1 heterocycles. The zero-order valence-corrected chi connectivity index (χ0v) is 12.1. The van der Waals surface area contributed by atoms with Gasteiger partial charge in [-0.15, -0.1) is 0 Å². The fraction of sp³-hybridized carbons (Fsp3) is 0.846. The predicted octanol–water partition coefficient (Wildman–Crippen LogP) is 0.280. The van der Waals surface area contributed by atoms with Crippen molar-refractivity contribution in [1.29, 1.82) is 0 Å². The molecular weight excluding hydrogens is 244 g/mol. The van der Waals surface area contributed by atoms with Gasteiger partial charge in [0, 0.05) is 19.6 Å². The number of rotatable bonds is 4. The number of imide groups is 1. The smallest absolute Gasteiger partial charge is 0.321 e. The molecular formula is C13H26N4O2. The minimum atomic E-state index is -0.468. The molecule has 1 aliphatic heterocycles. The fourth-order valence-corrected chi connectivity index (χ4v) is 2.69. The number of carbonyl (C=O) groups is 2. The maximum atomic E-state index is 12.0. The van der Waals surface area contributed by atoms with Crippen LogP contribution in [0.3, 0.4) is 0 Å². The summed E-state index contributed by atoms with van der Waals surface area (Å²) in [4.78, 5) is 25.3. The molecule has 0 aliphatic carbocycles. The van der Waals surface area contributed by atoms with Gasteiger partial charge in [-0.3, -0.25) is 15.0 Å². The van der Waals surface area contributed by atoms with Gasteiger partial charge >= 0.3 is 6.03 Å². The van der Waals surface area contributed by atoms with Gasteiger partial charge in [-0.2, -0.15) is 0 Å². The van der Waals surface area contributed by atoms with E-state index in [1.807, 2.05) is 6.92 Å². The molecule has 6 nitrogen and oxygen atoms in total. The van der Waals surface area contributed by atoms with Gasteiger partial charge in [-0.1, -0.05) is 13.3 Å². The van der Waals surface area contributed by atoms with Crippen molar-refractivity contribution in [2.45, 2.75) is 45.2 Å². The number of likely N-dealkylation sites (tertiary alicyclic amines) is 1. The van der Waals surface area contributed by atoms with E-state index < -0.39 is 6.03 Å². The van der Waals surface area contributed by atoms with E-state index in [1.165, 1.54) is 7.05 Å². The van der Waals surface area contributed by atoms with Crippen molar-refractivity contribution in [3.63, 3.8) is 0 Å². The first-order valence-corrected chi connectivity index (χ1v) is 7.01. The Bertz CT molecular complexity index is 322. The molecule has 0 radical (unpaired) electrons. The highest BCUT2D eigenvalue weighted by molar-refractivity contribution is 5.96. The molecule has 6 heteroatoms. The number of nitrogens with zero attached hydrogens (tertiary/aromatic N) is 1. The molecule has 3 atom stereocenters. The molecule has 3 amide bonds. The monoisotopic (exact) mass is 270 g/mol. The second-order valence-electron chi connectivity index (χ2n) is 5.17. The first-order valence-electron chi connectivity index (χ1n) is 7.01. The zero-order chi connectivity index (χ0) is 14.4. The summed E-state index contributed by atoms with van der Waals surface area (Å²) in [6.45, 7) is 5.43. The first kappa shape index (κ1) is 15.9. The molecule has 0 spiro atoms. The normalized spacial score (nSPS) is 25.7. The minimum Gasteiger partial charge on any atom is -0.341 e. The molecule has 1 fully saturated rings. The first-order chi connectivity index (χ1) is 9.03. The Morgan fingerprint density at radius 2 is 2.16 bits per heavy atom. The minimum absolute atomic E-state index is 0.226. The zero-order valence-electron chi connectivity index (χ0n) is 12.1. The van der Waals surface area contributed by atoms with Crippen LogP contribution in [0.4, 0.5) is 4.79 Å². The standard InChI is InChI=1S/C13H26N4O2/c1-4-10-5-6-17(11(7-10)8-14)9(2)12(18)16-13(19)15-3/h9-11H,4-8,14H2,1-3H3,(H2,15,16,18,19). The number of amides is 3. The fourth-order valence-electron chi connectivity index (χ4n) is 2.69. The molecule has 0 saturated carbocycles. The summed E-state index contributed by atoms with van der Waals surface area (Å²) < 4.78 is 0. The van der Waals surface area contributed by atoms with Crippen molar-refractivity contribution in [3.05, 3.63) is 0 Å². The molecule has 0 bridgehead atoms. The Kier molecular flexibility index (Phi) is 6.24. The maximum absolute atomic E-state index is 12.0. The summed E-state index contributed by atoms with van der Waals surface area (Å²) in [5.74, 6) is 0.423. The van der Waals surface area contributed by atoms with E-state index in [1.54, 1.807) is 0 Å². The van der Waals surface area contributed by atoms with E-state index in [-0.39, 0.29) is 18.0 Å².